The van der Waals surface area contributed by atoms with E-state index >= 15 is 0 Å². The molecule has 1 aliphatic carbocycles. The summed E-state index contributed by atoms with van der Waals surface area (Å²) in [5, 5.41) is 0. The molecule has 0 bridgehead atoms. The minimum Gasteiger partial charge on any atom is -0.465 e. The molecular formula is C14H24O3. The monoisotopic (exact) mass is 240 g/mol. The van der Waals surface area contributed by atoms with Crippen molar-refractivity contribution in [2.45, 2.75) is 59.3 Å². The van der Waals surface area contributed by atoms with Gasteiger partial charge in [-0.05, 0) is 32.1 Å². The fourth-order valence-electron chi connectivity index (χ4n) is 2.78. The Morgan fingerprint density at radius 1 is 1.18 bits per heavy atom. The lowest BCUT2D eigenvalue weighted by molar-refractivity contribution is -0.170. The number of rotatable bonds is 7. The second-order valence-electron chi connectivity index (χ2n) is 5.04. The normalized spacial score (nSPS) is 27.4. The number of hydrogen-bond acceptors (Lipinski definition) is 3. The van der Waals surface area contributed by atoms with Gasteiger partial charge < -0.3 is 4.74 Å². The Morgan fingerprint density at radius 3 is 2.29 bits per heavy atom. The molecule has 0 N–H and O–H groups in total. The van der Waals surface area contributed by atoms with Crippen molar-refractivity contribution in [3.63, 3.8) is 0 Å². The summed E-state index contributed by atoms with van der Waals surface area (Å²) in [4.78, 5) is 24.1. The molecule has 0 spiro atoms. The van der Waals surface area contributed by atoms with Crippen LogP contribution in [0, 0.1) is 11.3 Å². The second kappa shape index (κ2) is 6.18. The predicted octanol–water partition coefficient (Wildman–Crippen LogP) is 3.12. The Morgan fingerprint density at radius 2 is 1.82 bits per heavy atom. The fourth-order valence-corrected chi connectivity index (χ4v) is 2.78. The average molecular weight is 240 g/mol. The standard InChI is InChI=1S/C14H24O3/c1-4-7-11-9-14(10-11,12(15)8-5-2)13(16)17-6-3/h11H,4-10H2,1-3H3. The number of ether oxygens (including phenoxy) is 1. The van der Waals surface area contributed by atoms with Crippen molar-refractivity contribution in [2.24, 2.45) is 11.3 Å². The lowest BCUT2D eigenvalue weighted by Gasteiger charge is -2.44. The van der Waals surface area contributed by atoms with Crippen molar-refractivity contribution in [1.29, 1.82) is 0 Å². The molecule has 1 rings (SSSR count). The summed E-state index contributed by atoms with van der Waals surface area (Å²) < 4.78 is 5.08. The molecule has 17 heavy (non-hydrogen) atoms. The van der Waals surface area contributed by atoms with Crippen LogP contribution in [0.4, 0.5) is 0 Å². The van der Waals surface area contributed by atoms with E-state index in [1.165, 1.54) is 0 Å². The van der Waals surface area contributed by atoms with Crippen LogP contribution in [0.5, 0.6) is 0 Å². The van der Waals surface area contributed by atoms with Gasteiger partial charge in [-0.2, -0.15) is 0 Å². The van der Waals surface area contributed by atoms with Gasteiger partial charge in [-0.3, -0.25) is 9.59 Å². The molecule has 0 saturated heterocycles. The zero-order valence-electron chi connectivity index (χ0n) is 11.3. The van der Waals surface area contributed by atoms with Gasteiger partial charge in [0.2, 0.25) is 0 Å². The van der Waals surface area contributed by atoms with Crippen LogP contribution < -0.4 is 0 Å². The van der Waals surface area contributed by atoms with E-state index in [0.717, 1.165) is 19.3 Å². The highest BCUT2D eigenvalue weighted by Crippen LogP contribution is 2.50. The summed E-state index contributed by atoms with van der Waals surface area (Å²) in [6.07, 6.45) is 4.94. The molecule has 1 saturated carbocycles. The first kappa shape index (κ1) is 14.2. The molecule has 0 heterocycles. The summed E-state index contributed by atoms with van der Waals surface area (Å²) in [5.74, 6) is 0.335. The van der Waals surface area contributed by atoms with E-state index in [9.17, 15) is 9.59 Å². The molecule has 1 fully saturated rings. The summed E-state index contributed by atoms with van der Waals surface area (Å²) in [5.41, 5.74) is -0.786. The summed E-state index contributed by atoms with van der Waals surface area (Å²) in [6, 6.07) is 0. The molecule has 0 amide bonds. The van der Waals surface area contributed by atoms with Gasteiger partial charge in [-0.25, -0.2) is 0 Å². The number of carbonyl (C=O) groups is 2. The number of hydrogen-bond donors (Lipinski definition) is 0. The maximum absolute atomic E-state index is 12.1. The topological polar surface area (TPSA) is 43.4 Å². The van der Waals surface area contributed by atoms with E-state index in [1.54, 1.807) is 6.92 Å². The van der Waals surface area contributed by atoms with Crippen LogP contribution in [0.2, 0.25) is 0 Å². The van der Waals surface area contributed by atoms with Crippen molar-refractivity contribution >= 4 is 11.8 Å². The van der Waals surface area contributed by atoms with Crippen molar-refractivity contribution < 1.29 is 14.3 Å². The lowest BCUT2D eigenvalue weighted by Crippen LogP contribution is -2.50. The van der Waals surface area contributed by atoms with Crippen molar-refractivity contribution in [2.75, 3.05) is 6.61 Å². The van der Waals surface area contributed by atoms with E-state index in [4.69, 9.17) is 4.74 Å². The molecule has 0 unspecified atom stereocenters. The maximum Gasteiger partial charge on any atom is 0.319 e. The zero-order chi connectivity index (χ0) is 12.9. The number of carbonyl (C=O) groups excluding carboxylic acids is 2. The SMILES string of the molecule is CCCC(=O)C1(C(=O)OCC)CC(CCC)C1. The van der Waals surface area contributed by atoms with Gasteiger partial charge in [0.1, 0.15) is 11.2 Å². The lowest BCUT2D eigenvalue weighted by atomic mass is 9.58. The van der Waals surface area contributed by atoms with Crippen LogP contribution in [0.25, 0.3) is 0 Å². The smallest absolute Gasteiger partial charge is 0.319 e. The van der Waals surface area contributed by atoms with Gasteiger partial charge in [0.15, 0.2) is 0 Å². The maximum atomic E-state index is 12.1. The van der Waals surface area contributed by atoms with Crippen molar-refractivity contribution in [3.8, 4) is 0 Å². The van der Waals surface area contributed by atoms with Gasteiger partial charge in [-0.1, -0.05) is 26.7 Å². The first-order valence-corrected chi connectivity index (χ1v) is 6.81. The van der Waals surface area contributed by atoms with Gasteiger partial charge in [0, 0.05) is 6.42 Å². The molecule has 0 aromatic carbocycles. The van der Waals surface area contributed by atoms with Crippen molar-refractivity contribution in [3.05, 3.63) is 0 Å². The molecule has 0 radical (unpaired) electrons. The van der Waals surface area contributed by atoms with E-state index < -0.39 is 5.41 Å². The van der Waals surface area contributed by atoms with E-state index in [0.29, 0.717) is 31.8 Å². The Labute approximate surface area is 104 Å². The molecule has 3 heteroatoms. The summed E-state index contributed by atoms with van der Waals surface area (Å²) >= 11 is 0. The van der Waals surface area contributed by atoms with Gasteiger partial charge in [-0.15, -0.1) is 0 Å². The summed E-state index contributed by atoms with van der Waals surface area (Å²) in [7, 11) is 0. The van der Waals surface area contributed by atoms with Crippen LogP contribution in [0.15, 0.2) is 0 Å². The molecule has 0 atom stereocenters. The zero-order valence-corrected chi connectivity index (χ0v) is 11.3. The Balaban J connectivity index is 2.68. The third kappa shape index (κ3) is 2.88. The molecular weight excluding hydrogens is 216 g/mol. The highest BCUT2D eigenvalue weighted by atomic mass is 16.5. The third-order valence-electron chi connectivity index (χ3n) is 3.65. The van der Waals surface area contributed by atoms with Crippen molar-refractivity contribution in [1.82, 2.24) is 0 Å². The molecule has 3 nitrogen and oxygen atoms in total. The fraction of sp³-hybridized carbons (Fsp3) is 0.857. The van der Waals surface area contributed by atoms with Gasteiger partial charge in [0.25, 0.3) is 0 Å². The largest absolute Gasteiger partial charge is 0.465 e. The highest BCUT2D eigenvalue weighted by Gasteiger charge is 2.55. The molecule has 0 aromatic heterocycles. The van der Waals surface area contributed by atoms with Gasteiger partial charge >= 0.3 is 5.97 Å². The Bertz CT molecular complexity index is 257. The Kier molecular flexibility index (Phi) is 5.16. The quantitative estimate of drug-likeness (QED) is 0.507. The van der Waals surface area contributed by atoms with Crippen LogP contribution >= 0.6 is 0 Å². The minimum atomic E-state index is -0.786. The van der Waals surface area contributed by atoms with E-state index in [-0.39, 0.29) is 11.8 Å². The molecule has 0 aliphatic heterocycles. The van der Waals surface area contributed by atoms with Crippen LogP contribution in [0.3, 0.4) is 0 Å². The number of esters is 1. The number of ketones is 1. The molecule has 98 valence electrons. The highest BCUT2D eigenvalue weighted by molar-refractivity contribution is 6.04. The van der Waals surface area contributed by atoms with E-state index in [2.05, 4.69) is 6.92 Å². The predicted molar refractivity (Wildman–Crippen MR) is 66.6 cm³/mol. The van der Waals surface area contributed by atoms with Crippen LogP contribution in [-0.4, -0.2) is 18.4 Å². The van der Waals surface area contributed by atoms with E-state index in [1.807, 2.05) is 6.92 Å². The first-order chi connectivity index (χ1) is 8.10. The Hall–Kier alpha value is -0.860. The summed E-state index contributed by atoms with van der Waals surface area (Å²) in [6.45, 7) is 6.26. The second-order valence-corrected chi connectivity index (χ2v) is 5.04. The van der Waals surface area contributed by atoms with Crippen LogP contribution in [-0.2, 0) is 14.3 Å². The third-order valence-corrected chi connectivity index (χ3v) is 3.65. The number of Topliss-reactive ketones (excluding diaryl/α,β-unsaturated/α-hetero) is 1. The van der Waals surface area contributed by atoms with Crippen LogP contribution in [0.1, 0.15) is 59.3 Å². The molecule has 1 aliphatic rings. The first-order valence-electron chi connectivity index (χ1n) is 6.81. The van der Waals surface area contributed by atoms with Gasteiger partial charge in [0.05, 0.1) is 6.61 Å². The minimum absolute atomic E-state index is 0.0887. The average Bonchev–Trinajstić information content (AvgIpc) is 2.23. The molecule has 0 aromatic rings.